The molecule has 0 aliphatic carbocycles. The summed E-state index contributed by atoms with van der Waals surface area (Å²) in [5.74, 6) is -0.201. The van der Waals surface area contributed by atoms with E-state index >= 15 is 0 Å². The minimum atomic E-state index is -0.201. The van der Waals surface area contributed by atoms with Gasteiger partial charge in [-0.15, -0.1) is 0 Å². The molecule has 2 rings (SSSR count). The molecule has 0 aliphatic rings. The number of hydrogen-bond acceptors (Lipinski definition) is 2. The van der Waals surface area contributed by atoms with E-state index in [0.29, 0.717) is 5.56 Å². The number of hydrogen-bond donors (Lipinski definition) is 1. The van der Waals surface area contributed by atoms with Gasteiger partial charge in [0, 0.05) is 34.5 Å². The molecule has 1 N–H and O–H groups in total. The first-order valence-electron chi connectivity index (χ1n) is 6.19. The van der Waals surface area contributed by atoms with Crippen LogP contribution in [0.3, 0.4) is 0 Å². The van der Waals surface area contributed by atoms with Gasteiger partial charge < -0.3 is 5.32 Å². The normalized spacial score (nSPS) is 14.1. The van der Waals surface area contributed by atoms with Crippen molar-refractivity contribution in [2.24, 2.45) is 0 Å². The van der Waals surface area contributed by atoms with Gasteiger partial charge in [0.15, 0.2) is 0 Å². The number of pyridine rings is 1. The van der Waals surface area contributed by atoms with E-state index in [4.69, 9.17) is 0 Å². The molecule has 1 heterocycles. The fourth-order valence-electron chi connectivity index (χ4n) is 2.05. The number of nitrogens with one attached hydrogen (secondary N) is 1. The van der Waals surface area contributed by atoms with Crippen molar-refractivity contribution in [3.05, 3.63) is 64.1 Å². The predicted molar refractivity (Wildman–Crippen MR) is 78.3 cm³/mol. The van der Waals surface area contributed by atoms with Crippen LogP contribution in [0.2, 0.25) is 0 Å². The Balaban J connectivity index is 2.10. The summed E-state index contributed by atoms with van der Waals surface area (Å²) < 4.78 is 14.6. The zero-order valence-corrected chi connectivity index (χ0v) is 12.5. The van der Waals surface area contributed by atoms with E-state index in [-0.39, 0.29) is 17.9 Å². The first-order valence-corrected chi connectivity index (χ1v) is 6.98. The summed E-state index contributed by atoms with van der Waals surface area (Å²) in [6.07, 6.45) is 3.57. The van der Waals surface area contributed by atoms with Crippen LogP contribution in [0.25, 0.3) is 0 Å². The molecule has 0 saturated heterocycles. The van der Waals surface area contributed by atoms with Crippen molar-refractivity contribution in [3.8, 4) is 0 Å². The van der Waals surface area contributed by atoms with E-state index in [1.807, 2.05) is 38.2 Å². The van der Waals surface area contributed by atoms with Crippen molar-refractivity contribution in [1.29, 1.82) is 0 Å². The van der Waals surface area contributed by atoms with Gasteiger partial charge >= 0.3 is 0 Å². The van der Waals surface area contributed by atoms with Crippen LogP contribution in [-0.2, 0) is 0 Å². The Bertz CT molecular complexity index is 545. The monoisotopic (exact) mass is 322 g/mol. The number of benzene rings is 1. The molecule has 19 heavy (non-hydrogen) atoms. The third-order valence-electron chi connectivity index (χ3n) is 3.11. The highest BCUT2D eigenvalue weighted by atomic mass is 79.9. The van der Waals surface area contributed by atoms with Gasteiger partial charge in [-0.05, 0) is 37.6 Å². The number of rotatable bonds is 4. The first kappa shape index (κ1) is 14.2. The smallest absolute Gasteiger partial charge is 0.129 e. The maximum atomic E-state index is 13.9. The lowest BCUT2D eigenvalue weighted by atomic mass is 10.0. The second kappa shape index (κ2) is 6.26. The van der Waals surface area contributed by atoms with E-state index in [0.717, 1.165) is 10.0 Å². The average Bonchev–Trinajstić information content (AvgIpc) is 2.39. The van der Waals surface area contributed by atoms with Gasteiger partial charge in [0.1, 0.15) is 5.82 Å². The largest absolute Gasteiger partial charge is 0.303 e. The van der Waals surface area contributed by atoms with Crippen molar-refractivity contribution >= 4 is 15.9 Å². The van der Waals surface area contributed by atoms with Crippen LogP contribution < -0.4 is 5.32 Å². The molecule has 2 atom stereocenters. The SMILES string of the molecule is CC(N[C@H](C)c1cccnc1)c1ccc(Br)cc1F. The zero-order valence-electron chi connectivity index (χ0n) is 10.9. The Morgan fingerprint density at radius 3 is 2.63 bits per heavy atom. The van der Waals surface area contributed by atoms with Gasteiger partial charge in [0.2, 0.25) is 0 Å². The molecule has 0 radical (unpaired) electrons. The summed E-state index contributed by atoms with van der Waals surface area (Å²) in [7, 11) is 0. The van der Waals surface area contributed by atoms with Crippen LogP contribution in [0.4, 0.5) is 4.39 Å². The summed E-state index contributed by atoms with van der Waals surface area (Å²) in [5.41, 5.74) is 1.76. The number of halogens is 2. The molecule has 2 aromatic rings. The second-order valence-corrected chi connectivity index (χ2v) is 5.48. The van der Waals surface area contributed by atoms with Crippen molar-refractivity contribution in [2.45, 2.75) is 25.9 Å². The molecule has 0 bridgehead atoms. The van der Waals surface area contributed by atoms with Crippen molar-refractivity contribution in [2.75, 3.05) is 0 Å². The Hall–Kier alpha value is -1.26. The lowest BCUT2D eigenvalue weighted by molar-refractivity contribution is 0.473. The summed E-state index contributed by atoms with van der Waals surface area (Å²) >= 11 is 3.26. The maximum absolute atomic E-state index is 13.9. The summed E-state index contributed by atoms with van der Waals surface area (Å²) in [5, 5.41) is 3.38. The zero-order chi connectivity index (χ0) is 13.8. The van der Waals surface area contributed by atoms with E-state index < -0.39 is 0 Å². The van der Waals surface area contributed by atoms with Crippen molar-refractivity contribution < 1.29 is 4.39 Å². The molecule has 4 heteroatoms. The highest BCUT2D eigenvalue weighted by Gasteiger charge is 2.14. The molecule has 0 amide bonds. The molecule has 0 aliphatic heterocycles. The van der Waals surface area contributed by atoms with Crippen LogP contribution in [-0.4, -0.2) is 4.98 Å². The Labute approximate surface area is 121 Å². The Morgan fingerprint density at radius 1 is 1.21 bits per heavy atom. The number of aromatic nitrogens is 1. The molecule has 1 aromatic heterocycles. The van der Waals surface area contributed by atoms with Gasteiger partial charge in [-0.25, -0.2) is 4.39 Å². The summed E-state index contributed by atoms with van der Waals surface area (Å²) in [6.45, 7) is 4.00. The molecule has 0 spiro atoms. The van der Waals surface area contributed by atoms with E-state index in [1.165, 1.54) is 6.07 Å². The van der Waals surface area contributed by atoms with Gasteiger partial charge in [-0.3, -0.25) is 4.98 Å². The first-order chi connectivity index (χ1) is 9.08. The molecule has 1 aromatic carbocycles. The predicted octanol–water partition coefficient (Wildman–Crippen LogP) is 4.40. The van der Waals surface area contributed by atoms with Crippen LogP contribution in [0.1, 0.15) is 37.1 Å². The quantitative estimate of drug-likeness (QED) is 0.902. The minimum Gasteiger partial charge on any atom is -0.303 e. The van der Waals surface area contributed by atoms with Crippen LogP contribution in [0, 0.1) is 5.82 Å². The highest BCUT2D eigenvalue weighted by Crippen LogP contribution is 2.23. The Morgan fingerprint density at radius 2 is 2.00 bits per heavy atom. The topological polar surface area (TPSA) is 24.9 Å². The molecule has 1 unspecified atom stereocenters. The summed E-state index contributed by atoms with van der Waals surface area (Å²) in [4.78, 5) is 4.09. The lowest BCUT2D eigenvalue weighted by Gasteiger charge is -2.21. The third-order valence-corrected chi connectivity index (χ3v) is 3.61. The number of nitrogens with zero attached hydrogens (tertiary/aromatic N) is 1. The second-order valence-electron chi connectivity index (χ2n) is 4.56. The fraction of sp³-hybridized carbons (Fsp3) is 0.267. The molecule has 0 saturated carbocycles. The minimum absolute atomic E-state index is 0.0664. The van der Waals surface area contributed by atoms with Gasteiger partial charge in [0.05, 0.1) is 0 Å². The van der Waals surface area contributed by atoms with Crippen molar-refractivity contribution in [3.63, 3.8) is 0 Å². The van der Waals surface area contributed by atoms with Gasteiger partial charge in [0.25, 0.3) is 0 Å². The Kier molecular flexibility index (Phi) is 4.66. The molecular weight excluding hydrogens is 307 g/mol. The van der Waals surface area contributed by atoms with Crippen LogP contribution >= 0.6 is 15.9 Å². The molecule has 2 nitrogen and oxygen atoms in total. The van der Waals surface area contributed by atoms with Gasteiger partial charge in [-0.2, -0.15) is 0 Å². The third kappa shape index (κ3) is 3.61. The summed E-state index contributed by atoms with van der Waals surface area (Å²) in [6, 6.07) is 9.10. The van der Waals surface area contributed by atoms with Gasteiger partial charge in [-0.1, -0.05) is 28.1 Å². The van der Waals surface area contributed by atoms with Crippen molar-refractivity contribution in [1.82, 2.24) is 10.3 Å². The fourth-order valence-corrected chi connectivity index (χ4v) is 2.38. The van der Waals surface area contributed by atoms with Crippen LogP contribution in [0.5, 0.6) is 0 Å². The van der Waals surface area contributed by atoms with E-state index in [2.05, 4.69) is 26.2 Å². The average molecular weight is 323 g/mol. The molecule has 100 valence electrons. The maximum Gasteiger partial charge on any atom is 0.129 e. The van der Waals surface area contributed by atoms with E-state index in [9.17, 15) is 4.39 Å². The highest BCUT2D eigenvalue weighted by molar-refractivity contribution is 9.10. The molecule has 0 fully saturated rings. The van der Waals surface area contributed by atoms with Crippen LogP contribution in [0.15, 0.2) is 47.2 Å². The molecular formula is C15H16BrFN2. The lowest BCUT2D eigenvalue weighted by Crippen LogP contribution is -2.23. The standard InChI is InChI=1S/C15H16BrFN2/c1-10(12-4-3-7-18-9-12)19-11(2)14-6-5-13(16)8-15(14)17/h3-11,19H,1-2H3/t10-,11?/m1/s1. The van der Waals surface area contributed by atoms with E-state index in [1.54, 1.807) is 12.3 Å².